The first-order valence-corrected chi connectivity index (χ1v) is 5.97. The highest BCUT2D eigenvalue weighted by Gasteiger charge is 2.27. The van der Waals surface area contributed by atoms with Gasteiger partial charge in [0.2, 0.25) is 0 Å². The van der Waals surface area contributed by atoms with E-state index in [9.17, 15) is 0 Å². The summed E-state index contributed by atoms with van der Waals surface area (Å²) in [5, 5.41) is 3.64. The molecule has 84 valence electrons. The summed E-state index contributed by atoms with van der Waals surface area (Å²) in [7, 11) is 0. The van der Waals surface area contributed by atoms with Crippen LogP contribution in [-0.4, -0.2) is 25.8 Å². The number of nitrogens with one attached hydrogen (secondary N) is 1. The molecule has 1 saturated heterocycles. The Balaban J connectivity index is 2.21. The monoisotopic (exact) mass is 199 g/mol. The molecule has 0 saturated carbocycles. The third-order valence-corrected chi connectivity index (χ3v) is 3.30. The van der Waals surface area contributed by atoms with E-state index in [1.165, 1.54) is 25.7 Å². The zero-order valence-corrected chi connectivity index (χ0v) is 9.94. The fourth-order valence-corrected chi connectivity index (χ4v) is 2.00. The predicted octanol–water partition coefficient (Wildman–Crippen LogP) is 2.58. The van der Waals surface area contributed by atoms with Crippen molar-refractivity contribution in [2.45, 2.75) is 52.5 Å². The summed E-state index contributed by atoms with van der Waals surface area (Å²) < 4.78 is 5.39. The van der Waals surface area contributed by atoms with Crippen LogP contribution < -0.4 is 5.32 Å². The molecule has 0 spiro atoms. The third kappa shape index (κ3) is 3.97. The van der Waals surface area contributed by atoms with Crippen LogP contribution >= 0.6 is 0 Å². The Morgan fingerprint density at radius 3 is 2.57 bits per heavy atom. The Kier molecular flexibility index (Phi) is 4.90. The predicted molar refractivity (Wildman–Crippen MR) is 60.5 cm³/mol. The lowest BCUT2D eigenvalue weighted by Crippen LogP contribution is -2.40. The van der Waals surface area contributed by atoms with Gasteiger partial charge in [0.1, 0.15) is 0 Å². The molecule has 1 atom stereocenters. The third-order valence-electron chi connectivity index (χ3n) is 3.30. The molecule has 1 heterocycles. The van der Waals surface area contributed by atoms with Crippen molar-refractivity contribution in [1.29, 1.82) is 0 Å². The highest BCUT2D eigenvalue weighted by molar-refractivity contribution is 4.80. The summed E-state index contributed by atoms with van der Waals surface area (Å²) >= 11 is 0. The molecule has 0 aromatic carbocycles. The van der Waals surface area contributed by atoms with E-state index in [-0.39, 0.29) is 0 Å². The quantitative estimate of drug-likeness (QED) is 0.735. The Hall–Kier alpha value is -0.0800. The van der Waals surface area contributed by atoms with Crippen molar-refractivity contribution in [2.75, 3.05) is 19.8 Å². The summed E-state index contributed by atoms with van der Waals surface area (Å²) in [6, 6.07) is 0.666. The van der Waals surface area contributed by atoms with E-state index in [0.717, 1.165) is 19.8 Å². The van der Waals surface area contributed by atoms with E-state index < -0.39 is 0 Å². The molecule has 0 radical (unpaired) electrons. The maximum absolute atomic E-state index is 5.39. The summed E-state index contributed by atoms with van der Waals surface area (Å²) in [5.74, 6) is 0. The minimum atomic E-state index is 0.472. The van der Waals surface area contributed by atoms with Gasteiger partial charge in [-0.15, -0.1) is 0 Å². The van der Waals surface area contributed by atoms with Crippen LogP contribution in [0.1, 0.15) is 46.5 Å². The first-order valence-electron chi connectivity index (χ1n) is 5.97. The highest BCUT2D eigenvalue weighted by atomic mass is 16.5. The second-order valence-electron chi connectivity index (χ2n) is 4.99. The van der Waals surface area contributed by atoms with Crippen molar-refractivity contribution in [3.63, 3.8) is 0 Å². The second kappa shape index (κ2) is 5.72. The van der Waals surface area contributed by atoms with Crippen LogP contribution in [-0.2, 0) is 4.74 Å². The van der Waals surface area contributed by atoms with Crippen molar-refractivity contribution in [3.8, 4) is 0 Å². The minimum Gasteiger partial charge on any atom is -0.381 e. The smallest absolute Gasteiger partial charge is 0.0471 e. The first kappa shape index (κ1) is 12.0. The SMILES string of the molecule is CCCC(C)NCC1(C)CCOCC1. The Bertz CT molecular complexity index is 152. The zero-order valence-electron chi connectivity index (χ0n) is 9.94. The van der Waals surface area contributed by atoms with Gasteiger partial charge in [0, 0.05) is 25.8 Å². The van der Waals surface area contributed by atoms with Gasteiger partial charge in [-0.25, -0.2) is 0 Å². The fourth-order valence-electron chi connectivity index (χ4n) is 2.00. The average Bonchev–Trinajstić information content (AvgIpc) is 2.17. The number of ether oxygens (including phenoxy) is 1. The maximum atomic E-state index is 5.39. The largest absolute Gasteiger partial charge is 0.381 e. The molecule has 0 aliphatic carbocycles. The summed E-state index contributed by atoms with van der Waals surface area (Å²) in [4.78, 5) is 0. The molecule has 2 nitrogen and oxygen atoms in total. The molecule has 2 heteroatoms. The molecule has 0 aromatic rings. The molecule has 1 N–H and O–H groups in total. The highest BCUT2D eigenvalue weighted by Crippen LogP contribution is 2.28. The van der Waals surface area contributed by atoms with Crippen LogP contribution in [0, 0.1) is 5.41 Å². The molecule has 1 unspecified atom stereocenters. The van der Waals surface area contributed by atoms with E-state index in [1.807, 2.05) is 0 Å². The van der Waals surface area contributed by atoms with E-state index in [2.05, 4.69) is 26.1 Å². The molecule has 1 fully saturated rings. The topological polar surface area (TPSA) is 21.3 Å². The van der Waals surface area contributed by atoms with Gasteiger partial charge in [-0.3, -0.25) is 0 Å². The van der Waals surface area contributed by atoms with Gasteiger partial charge in [-0.05, 0) is 31.6 Å². The normalized spacial score (nSPS) is 23.4. The van der Waals surface area contributed by atoms with Gasteiger partial charge in [0.25, 0.3) is 0 Å². The lowest BCUT2D eigenvalue weighted by Gasteiger charge is -2.34. The van der Waals surface area contributed by atoms with Gasteiger partial charge >= 0.3 is 0 Å². The lowest BCUT2D eigenvalue weighted by molar-refractivity contribution is 0.0230. The van der Waals surface area contributed by atoms with E-state index >= 15 is 0 Å². The van der Waals surface area contributed by atoms with Gasteiger partial charge < -0.3 is 10.1 Å². The first-order chi connectivity index (χ1) is 6.66. The van der Waals surface area contributed by atoms with E-state index in [4.69, 9.17) is 4.74 Å². The molecular weight excluding hydrogens is 174 g/mol. The second-order valence-corrected chi connectivity index (χ2v) is 4.99. The zero-order chi connectivity index (χ0) is 10.4. The number of hydrogen-bond acceptors (Lipinski definition) is 2. The van der Waals surface area contributed by atoms with Crippen LogP contribution in [0.3, 0.4) is 0 Å². The van der Waals surface area contributed by atoms with Crippen LogP contribution in [0.15, 0.2) is 0 Å². The van der Waals surface area contributed by atoms with Crippen molar-refractivity contribution in [1.82, 2.24) is 5.32 Å². The molecule has 1 aliphatic heterocycles. The molecule has 0 bridgehead atoms. The molecule has 1 rings (SSSR count). The summed E-state index contributed by atoms with van der Waals surface area (Å²) in [6.45, 7) is 9.94. The molecule has 14 heavy (non-hydrogen) atoms. The average molecular weight is 199 g/mol. The number of rotatable bonds is 5. The molecular formula is C12H25NO. The van der Waals surface area contributed by atoms with Crippen molar-refractivity contribution < 1.29 is 4.74 Å². The van der Waals surface area contributed by atoms with Crippen LogP contribution in [0.2, 0.25) is 0 Å². The Morgan fingerprint density at radius 2 is 2.00 bits per heavy atom. The van der Waals surface area contributed by atoms with Crippen molar-refractivity contribution in [3.05, 3.63) is 0 Å². The van der Waals surface area contributed by atoms with Gasteiger partial charge in [0.05, 0.1) is 0 Å². The summed E-state index contributed by atoms with van der Waals surface area (Å²) in [6.07, 6.45) is 4.97. The van der Waals surface area contributed by atoms with Crippen molar-refractivity contribution >= 4 is 0 Å². The van der Waals surface area contributed by atoms with Gasteiger partial charge in [-0.1, -0.05) is 20.3 Å². The van der Waals surface area contributed by atoms with E-state index in [0.29, 0.717) is 11.5 Å². The minimum absolute atomic E-state index is 0.472. The van der Waals surface area contributed by atoms with Crippen LogP contribution in [0.5, 0.6) is 0 Å². The molecule has 0 amide bonds. The van der Waals surface area contributed by atoms with Crippen LogP contribution in [0.4, 0.5) is 0 Å². The Morgan fingerprint density at radius 1 is 1.36 bits per heavy atom. The van der Waals surface area contributed by atoms with Gasteiger partial charge in [0.15, 0.2) is 0 Å². The van der Waals surface area contributed by atoms with Crippen molar-refractivity contribution in [2.24, 2.45) is 5.41 Å². The van der Waals surface area contributed by atoms with Crippen LogP contribution in [0.25, 0.3) is 0 Å². The number of hydrogen-bond donors (Lipinski definition) is 1. The fraction of sp³-hybridized carbons (Fsp3) is 1.00. The van der Waals surface area contributed by atoms with E-state index in [1.54, 1.807) is 0 Å². The van der Waals surface area contributed by atoms with Gasteiger partial charge in [-0.2, -0.15) is 0 Å². The molecule has 1 aliphatic rings. The Labute approximate surface area is 88.4 Å². The maximum Gasteiger partial charge on any atom is 0.0471 e. The summed E-state index contributed by atoms with van der Waals surface area (Å²) in [5.41, 5.74) is 0.472. The lowest BCUT2D eigenvalue weighted by atomic mass is 9.82. The molecule has 0 aromatic heterocycles. The standard InChI is InChI=1S/C12H25NO/c1-4-5-11(2)13-10-12(3)6-8-14-9-7-12/h11,13H,4-10H2,1-3H3.